The summed E-state index contributed by atoms with van der Waals surface area (Å²) in [7, 11) is 0. The summed E-state index contributed by atoms with van der Waals surface area (Å²) in [6.07, 6.45) is 2.40. The Balaban J connectivity index is 1.54. The van der Waals surface area contributed by atoms with Crippen LogP contribution in [0.5, 0.6) is 0 Å². The number of anilines is 1. The standard InChI is InChI=1S/C20H24N4S/c1-13(14-6-8-22-9-7-14)17-12-23-18-11-15(4-5-16(17)18)24-20(21)19-3-2-10-25-19/h2-5,10-11,14,17,22-23H,1,6-9,12H2,(H2,21,24). The predicted octanol–water partition coefficient (Wildman–Crippen LogP) is 3.85. The van der Waals surface area contributed by atoms with Gasteiger partial charge in [0.05, 0.1) is 10.6 Å². The summed E-state index contributed by atoms with van der Waals surface area (Å²) in [5.41, 5.74) is 10.9. The van der Waals surface area contributed by atoms with Crippen molar-refractivity contribution >= 4 is 28.5 Å². The number of thiophene rings is 1. The molecule has 4 nitrogen and oxygen atoms in total. The Morgan fingerprint density at radius 1 is 1.24 bits per heavy atom. The maximum atomic E-state index is 6.11. The molecule has 1 aromatic carbocycles. The number of hydrogen-bond acceptors (Lipinski definition) is 4. The summed E-state index contributed by atoms with van der Waals surface area (Å²) < 4.78 is 0. The number of benzene rings is 1. The average Bonchev–Trinajstić information content (AvgIpc) is 3.31. The van der Waals surface area contributed by atoms with Crippen LogP contribution in [0.25, 0.3) is 0 Å². The summed E-state index contributed by atoms with van der Waals surface area (Å²) in [5, 5.41) is 8.98. The minimum atomic E-state index is 0.408. The fourth-order valence-electron chi connectivity index (χ4n) is 3.82. The molecule has 2 aliphatic rings. The smallest absolute Gasteiger partial charge is 0.141 e. The molecule has 2 aromatic rings. The van der Waals surface area contributed by atoms with Gasteiger partial charge in [0.15, 0.2) is 0 Å². The molecule has 1 atom stereocenters. The molecule has 2 aliphatic heterocycles. The monoisotopic (exact) mass is 352 g/mol. The Bertz CT molecular complexity index is 788. The van der Waals surface area contributed by atoms with Gasteiger partial charge in [-0.05, 0) is 61.0 Å². The lowest BCUT2D eigenvalue weighted by Crippen LogP contribution is -2.29. The summed E-state index contributed by atoms with van der Waals surface area (Å²) in [6.45, 7) is 7.59. The molecular weight excluding hydrogens is 328 g/mol. The highest BCUT2D eigenvalue weighted by molar-refractivity contribution is 7.12. The average molecular weight is 353 g/mol. The van der Waals surface area contributed by atoms with E-state index in [2.05, 4.69) is 40.4 Å². The van der Waals surface area contributed by atoms with E-state index in [1.165, 1.54) is 29.7 Å². The molecular formula is C20H24N4S. The van der Waals surface area contributed by atoms with E-state index < -0.39 is 0 Å². The third kappa shape index (κ3) is 3.34. The van der Waals surface area contributed by atoms with Crippen molar-refractivity contribution < 1.29 is 0 Å². The second kappa shape index (κ2) is 7.02. The number of amidine groups is 1. The third-order valence-corrected chi connectivity index (χ3v) is 6.14. The van der Waals surface area contributed by atoms with Crippen molar-refractivity contribution in [2.75, 3.05) is 25.0 Å². The van der Waals surface area contributed by atoms with Crippen LogP contribution in [0.15, 0.2) is 52.9 Å². The molecule has 1 aromatic heterocycles. The largest absolute Gasteiger partial charge is 0.384 e. The van der Waals surface area contributed by atoms with Crippen molar-refractivity contribution in [2.24, 2.45) is 16.6 Å². The molecule has 0 radical (unpaired) electrons. The lowest BCUT2D eigenvalue weighted by atomic mass is 9.81. The zero-order chi connectivity index (χ0) is 17.2. The van der Waals surface area contributed by atoms with Gasteiger partial charge in [-0.15, -0.1) is 11.3 Å². The van der Waals surface area contributed by atoms with Crippen molar-refractivity contribution in [2.45, 2.75) is 18.8 Å². The third-order valence-electron chi connectivity index (χ3n) is 5.24. The van der Waals surface area contributed by atoms with Gasteiger partial charge in [0.25, 0.3) is 0 Å². The minimum Gasteiger partial charge on any atom is -0.384 e. The Labute approximate surface area is 152 Å². The molecule has 0 saturated carbocycles. The van der Waals surface area contributed by atoms with E-state index in [0.717, 1.165) is 30.2 Å². The van der Waals surface area contributed by atoms with Crippen LogP contribution < -0.4 is 16.4 Å². The zero-order valence-corrected chi connectivity index (χ0v) is 15.1. The zero-order valence-electron chi connectivity index (χ0n) is 14.3. The van der Waals surface area contributed by atoms with E-state index in [1.807, 2.05) is 17.5 Å². The van der Waals surface area contributed by atoms with Gasteiger partial charge in [-0.2, -0.15) is 0 Å². The van der Waals surface area contributed by atoms with Gasteiger partial charge in [-0.3, -0.25) is 0 Å². The second-order valence-corrected chi connectivity index (χ2v) is 7.73. The molecule has 130 valence electrons. The molecule has 3 heterocycles. The van der Waals surface area contributed by atoms with Gasteiger partial charge in [0, 0.05) is 18.2 Å². The first-order valence-corrected chi connectivity index (χ1v) is 9.75. The molecule has 4 rings (SSSR count). The predicted molar refractivity (Wildman–Crippen MR) is 107 cm³/mol. The van der Waals surface area contributed by atoms with Gasteiger partial charge >= 0.3 is 0 Å². The maximum Gasteiger partial charge on any atom is 0.141 e. The second-order valence-electron chi connectivity index (χ2n) is 6.78. The number of fused-ring (bicyclic) bond motifs is 1. The van der Waals surface area contributed by atoms with Crippen LogP contribution in [0.4, 0.5) is 11.4 Å². The van der Waals surface area contributed by atoms with Gasteiger partial charge in [-0.1, -0.05) is 24.3 Å². The topological polar surface area (TPSA) is 62.4 Å². The van der Waals surface area contributed by atoms with E-state index in [4.69, 9.17) is 5.73 Å². The Morgan fingerprint density at radius 3 is 2.84 bits per heavy atom. The first-order valence-electron chi connectivity index (χ1n) is 8.87. The van der Waals surface area contributed by atoms with Gasteiger partial charge in [0.1, 0.15) is 5.84 Å². The lowest BCUT2D eigenvalue weighted by Gasteiger charge is -2.28. The summed E-state index contributed by atoms with van der Waals surface area (Å²) >= 11 is 1.61. The number of nitrogens with two attached hydrogens (primary N) is 1. The van der Waals surface area contributed by atoms with Crippen molar-refractivity contribution in [3.05, 3.63) is 58.3 Å². The molecule has 1 saturated heterocycles. The highest BCUT2D eigenvalue weighted by Gasteiger charge is 2.29. The van der Waals surface area contributed by atoms with Crippen molar-refractivity contribution in [1.82, 2.24) is 5.32 Å². The molecule has 1 fully saturated rings. The van der Waals surface area contributed by atoms with Crippen LogP contribution in [0.3, 0.4) is 0 Å². The summed E-state index contributed by atoms with van der Waals surface area (Å²) in [4.78, 5) is 5.58. The van der Waals surface area contributed by atoms with E-state index in [9.17, 15) is 0 Å². The maximum absolute atomic E-state index is 6.11. The van der Waals surface area contributed by atoms with Crippen molar-refractivity contribution in [1.29, 1.82) is 0 Å². The number of rotatable bonds is 4. The number of nitrogens with one attached hydrogen (secondary N) is 2. The van der Waals surface area contributed by atoms with Crippen molar-refractivity contribution in [3.63, 3.8) is 0 Å². The highest BCUT2D eigenvalue weighted by atomic mass is 32.1. The fourth-order valence-corrected chi connectivity index (χ4v) is 4.45. The number of aliphatic imine (C=N–C) groups is 1. The Kier molecular flexibility index (Phi) is 4.59. The van der Waals surface area contributed by atoms with Crippen LogP contribution in [0.2, 0.25) is 0 Å². The number of hydrogen-bond donors (Lipinski definition) is 3. The number of nitrogens with zero attached hydrogens (tertiary/aromatic N) is 1. The first kappa shape index (κ1) is 16.4. The van der Waals surface area contributed by atoms with Crippen LogP contribution >= 0.6 is 11.3 Å². The molecule has 0 amide bonds. The summed E-state index contributed by atoms with van der Waals surface area (Å²) in [6, 6.07) is 10.3. The van der Waals surface area contributed by atoms with Gasteiger partial charge in [0.2, 0.25) is 0 Å². The highest BCUT2D eigenvalue weighted by Crippen LogP contribution is 2.41. The van der Waals surface area contributed by atoms with Crippen LogP contribution in [0, 0.1) is 5.92 Å². The minimum absolute atomic E-state index is 0.408. The number of piperidine rings is 1. The van der Waals surface area contributed by atoms with Crippen LogP contribution in [0.1, 0.15) is 29.2 Å². The van der Waals surface area contributed by atoms with Crippen LogP contribution in [-0.4, -0.2) is 25.5 Å². The molecule has 0 aliphatic carbocycles. The normalized spacial score (nSPS) is 21.0. The Hall–Kier alpha value is -2.11. The molecule has 0 bridgehead atoms. The van der Waals surface area contributed by atoms with Crippen LogP contribution in [-0.2, 0) is 0 Å². The van der Waals surface area contributed by atoms with E-state index in [1.54, 1.807) is 11.3 Å². The Morgan fingerprint density at radius 2 is 2.08 bits per heavy atom. The van der Waals surface area contributed by atoms with E-state index in [-0.39, 0.29) is 0 Å². The lowest BCUT2D eigenvalue weighted by molar-refractivity contribution is 0.407. The van der Waals surface area contributed by atoms with E-state index >= 15 is 0 Å². The SMILES string of the molecule is C=C(C1CCNCC1)C1CNc2cc(N=C(N)c3cccs3)ccc21. The molecule has 4 N–H and O–H groups in total. The summed E-state index contributed by atoms with van der Waals surface area (Å²) in [5.74, 6) is 1.61. The molecule has 25 heavy (non-hydrogen) atoms. The quantitative estimate of drug-likeness (QED) is 0.445. The van der Waals surface area contributed by atoms with Gasteiger partial charge < -0.3 is 16.4 Å². The first-order chi connectivity index (χ1) is 12.2. The van der Waals surface area contributed by atoms with E-state index in [0.29, 0.717) is 17.7 Å². The molecule has 5 heteroatoms. The molecule has 1 unspecified atom stereocenters. The van der Waals surface area contributed by atoms with Gasteiger partial charge in [-0.25, -0.2) is 4.99 Å². The molecule has 0 spiro atoms. The van der Waals surface area contributed by atoms with Crippen molar-refractivity contribution in [3.8, 4) is 0 Å². The fraction of sp³-hybridized carbons (Fsp3) is 0.350.